The number of aliphatic hydroxyl groups excluding tert-OH is 1. The first kappa shape index (κ1) is 10.4. The zero-order valence-electron chi connectivity index (χ0n) is 7.50. The van der Waals surface area contributed by atoms with Gasteiger partial charge in [0.25, 0.3) is 0 Å². The molecular weight excluding hydrogens is 144 g/mol. The minimum absolute atomic E-state index is 0.128. The third-order valence-corrected chi connectivity index (χ3v) is 1.58. The summed E-state index contributed by atoms with van der Waals surface area (Å²) in [4.78, 5) is 10.8. The first-order valence-electron chi connectivity index (χ1n) is 3.83. The largest absolute Gasteiger partial charge is 0.460 e. The topological polar surface area (TPSA) is 46.5 Å². The second-order valence-electron chi connectivity index (χ2n) is 3.06. The molecular formula is C8H16O3. The fourth-order valence-electron chi connectivity index (χ4n) is 0.418. The van der Waals surface area contributed by atoms with Gasteiger partial charge in [-0.3, -0.25) is 0 Å². The standard InChI is InChI=1S/C8H16O3/c1-5(2)7(4)11-8(10)6(3)9/h5-7,9H,1-4H3/t6-,7+/m1/s1. The molecule has 0 radical (unpaired) electrons. The molecule has 0 aromatic carbocycles. The number of carbonyl (C=O) groups is 1. The lowest BCUT2D eigenvalue weighted by Crippen LogP contribution is -2.26. The molecule has 0 aliphatic carbocycles. The lowest BCUT2D eigenvalue weighted by atomic mass is 10.1. The third-order valence-electron chi connectivity index (χ3n) is 1.58. The normalized spacial score (nSPS) is 16.2. The van der Waals surface area contributed by atoms with Crippen LogP contribution in [0.1, 0.15) is 27.7 Å². The summed E-state index contributed by atoms with van der Waals surface area (Å²) in [5.41, 5.74) is 0. The van der Waals surface area contributed by atoms with Crippen LogP contribution in [0.25, 0.3) is 0 Å². The van der Waals surface area contributed by atoms with Gasteiger partial charge in [-0.1, -0.05) is 13.8 Å². The van der Waals surface area contributed by atoms with Crippen molar-refractivity contribution in [1.82, 2.24) is 0 Å². The van der Waals surface area contributed by atoms with Crippen molar-refractivity contribution in [3.8, 4) is 0 Å². The average molecular weight is 160 g/mol. The van der Waals surface area contributed by atoms with E-state index in [1.807, 2.05) is 20.8 Å². The van der Waals surface area contributed by atoms with E-state index in [1.54, 1.807) is 0 Å². The summed E-state index contributed by atoms with van der Waals surface area (Å²) in [5.74, 6) is -0.260. The van der Waals surface area contributed by atoms with Gasteiger partial charge in [-0.15, -0.1) is 0 Å². The van der Waals surface area contributed by atoms with Gasteiger partial charge in [0, 0.05) is 0 Å². The number of carbonyl (C=O) groups excluding carboxylic acids is 1. The van der Waals surface area contributed by atoms with E-state index in [2.05, 4.69) is 0 Å². The summed E-state index contributed by atoms with van der Waals surface area (Å²) in [6.45, 7) is 7.13. The molecule has 0 amide bonds. The lowest BCUT2D eigenvalue weighted by molar-refractivity contribution is -0.159. The molecule has 1 N–H and O–H groups in total. The minimum Gasteiger partial charge on any atom is -0.460 e. The van der Waals surface area contributed by atoms with Crippen molar-refractivity contribution in [2.45, 2.75) is 39.9 Å². The molecule has 0 heterocycles. The second-order valence-corrected chi connectivity index (χ2v) is 3.06. The van der Waals surface area contributed by atoms with E-state index in [9.17, 15) is 4.79 Å². The molecule has 0 bridgehead atoms. The van der Waals surface area contributed by atoms with Gasteiger partial charge < -0.3 is 9.84 Å². The molecule has 0 saturated heterocycles. The van der Waals surface area contributed by atoms with Crippen LogP contribution in [0, 0.1) is 5.92 Å². The summed E-state index contributed by atoms with van der Waals surface area (Å²) in [5, 5.41) is 8.78. The maximum Gasteiger partial charge on any atom is 0.334 e. The summed E-state index contributed by atoms with van der Waals surface area (Å²) < 4.78 is 4.88. The Balaban J connectivity index is 3.76. The predicted octanol–water partition coefficient (Wildman–Crippen LogP) is 0.955. The number of esters is 1. The van der Waals surface area contributed by atoms with Crippen LogP contribution in [0.2, 0.25) is 0 Å². The highest BCUT2D eigenvalue weighted by Gasteiger charge is 2.16. The Bertz CT molecular complexity index is 129. The van der Waals surface area contributed by atoms with Gasteiger partial charge in [0.2, 0.25) is 0 Å². The van der Waals surface area contributed by atoms with Gasteiger partial charge in [-0.05, 0) is 19.8 Å². The number of hydrogen-bond donors (Lipinski definition) is 1. The SMILES string of the molecule is CC(C)[C@H](C)OC(=O)[C@@H](C)O. The van der Waals surface area contributed by atoms with E-state index >= 15 is 0 Å². The highest BCUT2D eigenvalue weighted by molar-refractivity contribution is 5.73. The monoisotopic (exact) mass is 160 g/mol. The van der Waals surface area contributed by atoms with E-state index in [0.29, 0.717) is 0 Å². The molecule has 3 nitrogen and oxygen atoms in total. The molecule has 0 unspecified atom stereocenters. The Morgan fingerprint density at radius 3 is 2.00 bits per heavy atom. The zero-order valence-corrected chi connectivity index (χ0v) is 7.50. The van der Waals surface area contributed by atoms with Crippen molar-refractivity contribution in [2.75, 3.05) is 0 Å². The Labute approximate surface area is 67.4 Å². The molecule has 0 aliphatic heterocycles. The second kappa shape index (κ2) is 4.34. The van der Waals surface area contributed by atoms with E-state index < -0.39 is 12.1 Å². The van der Waals surface area contributed by atoms with Gasteiger partial charge in [-0.2, -0.15) is 0 Å². The molecule has 66 valence electrons. The number of ether oxygens (including phenoxy) is 1. The molecule has 0 spiro atoms. The first-order chi connectivity index (χ1) is 4.95. The van der Waals surface area contributed by atoms with Crippen molar-refractivity contribution in [1.29, 1.82) is 0 Å². The van der Waals surface area contributed by atoms with E-state index in [0.717, 1.165) is 0 Å². The maximum atomic E-state index is 10.8. The molecule has 3 heteroatoms. The number of hydrogen-bond acceptors (Lipinski definition) is 3. The van der Waals surface area contributed by atoms with Gasteiger partial charge in [0.05, 0.1) is 0 Å². The van der Waals surface area contributed by atoms with E-state index in [-0.39, 0.29) is 12.0 Å². The van der Waals surface area contributed by atoms with Crippen molar-refractivity contribution < 1.29 is 14.6 Å². The fourth-order valence-corrected chi connectivity index (χ4v) is 0.418. The van der Waals surface area contributed by atoms with E-state index in [1.165, 1.54) is 6.92 Å². The number of rotatable bonds is 3. The quantitative estimate of drug-likeness (QED) is 0.625. The Kier molecular flexibility index (Phi) is 4.11. The van der Waals surface area contributed by atoms with Crippen molar-refractivity contribution >= 4 is 5.97 Å². The van der Waals surface area contributed by atoms with Crippen LogP contribution in [-0.2, 0) is 9.53 Å². The lowest BCUT2D eigenvalue weighted by Gasteiger charge is -2.17. The molecule has 0 aromatic heterocycles. The molecule has 0 saturated carbocycles. The predicted molar refractivity (Wildman–Crippen MR) is 42.1 cm³/mol. The van der Waals surface area contributed by atoms with Crippen LogP contribution in [0.15, 0.2) is 0 Å². The van der Waals surface area contributed by atoms with Crippen molar-refractivity contribution in [3.63, 3.8) is 0 Å². The number of aliphatic hydroxyl groups is 1. The highest BCUT2D eigenvalue weighted by Crippen LogP contribution is 2.06. The molecule has 2 atom stereocenters. The van der Waals surface area contributed by atoms with Crippen molar-refractivity contribution in [3.05, 3.63) is 0 Å². The van der Waals surface area contributed by atoms with Crippen LogP contribution < -0.4 is 0 Å². The summed E-state index contributed by atoms with van der Waals surface area (Å²) in [6, 6.07) is 0. The molecule has 0 aliphatic rings. The van der Waals surface area contributed by atoms with Crippen molar-refractivity contribution in [2.24, 2.45) is 5.92 Å². The van der Waals surface area contributed by atoms with Crippen LogP contribution in [-0.4, -0.2) is 23.3 Å². The van der Waals surface area contributed by atoms with Gasteiger partial charge in [0.1, 0.15) is 12.2 Å². The maximum absolute atomic E-state index is 10.8. The van der Waals surface area contributed by atoms with Gasteiger partial charge in [0.15, 0.2) is 0 Å². The van der Waals surface area contributed by atoms with Crippen LogP contribution in [0.4, 0.5) is 0 Å². The molecule has 0 fully saturated rings. The minimum atomic E-state index is -1.02. The van der Waals surface area contributed by atoms with E-state index in [4.69, 9.17) is 9.84 Å². The Morgan fingerprint density at radius 1 is 1.27 bits per heavy atom. The Hall–Kier alpha value is -0.570. The molecule has 11 heavy (non-hydrogen) atoms. The molecule has 0 aromatic rings. The zero-order chi connectivity index (χ0) is 9.02. The average Bonchev–Trinajstić information content (AvgIpc) is 1.87. The van der Waals surface area contributed by atoms with Gasteiger partial charge in [-0.25, -0.2) is 4.79 Å². The summed E-state index contributed by atoms with van der Waals surface area (Å²) in [7, 11) is 0. The molecule has 0 rings (SSSR count). The van der Waals surface area contributed by atoms with Crippen LogP contribution >= 0.6 is 0 Å². The summed E-state index contributed by atoms with van der Waals surface area (Å²) >= 11 is 0. The summed E-state index contributed by atoms with van der Waals surface area (Å²) in [6.07, 6.45) is -1.15. The Morgan fingerprint density at radius 2 is 1.73 bits per heavy atom. The fraction of sp³-hybridized carbons (Fsp3) is 0.875. The highest BCUT2D eigenvalue weighted by atomic mass is 16.6. The van der Waals surface area contributed by atoms with Crippen LogP contribution in [0.5, 0.6) is 0 Å². The smallest absolute Gasteiger partial charge is 0.334 e. The van der Waals surface area contributed by atoms with Crippen LogP contribution in [0.3, 0.4) is 0 Å². The third kappa shape index (κ3) is 3.98. The first-order valence-corrected chi connectivity index (χ1v) is 3.83. The van der Waals surface area contributed by atoms with Gasteiger partial charge >= 0.3 is 5.97 Å².